The molecule has 1 heterocycles. The highest BCUT2D eigenvalue weighted by Crippen LogP contribution is 2.47. The fourth-order valence-corrected chi connectivity index (χ4v) is 2.94. The molecule has 0 spiro atoms. The number of anilines is 2. The maximum Gasteiger partial charge on any atom is 0.221 e. The summed E-state index contributed by atoms with van der Waals surface area (Å²) in [6.45, 7) is 4.27. The van der Waals surface area contributed by atoms with Crippen LogP contribution in [0.15, 0.2) is 84.9 Å². The Labute approximate surface area is 130 Å². The third kappa shape index (κ3) is 1.89. The lowest BCUT2D eigenvalue weighted by atomic mass is 10.1. The molecule has 0 radical (unpaired) electrons. The predicted octanol–water partition coefficient (Wildman–Crippen LogP) is 4.72. The van der Waals surface area contributed by atoms with Crippen molar-refractivity contribution in [1.82, 2.24) is 0 Å². The van der Waals surface area contributed by atoms with Gasteiger partial charge in [-0.2, -0.15) is 0 Å². The predicted molar refractivity (Wildman–Crippen MR) is 90.9 cm³/mol. The molecule has 0 saturated heterocycles. The Morgan fingerprint density at radius 1 is 0.727 bits per heavy atom. The molecule has 0 amide bonds. The maximum atomic E-state index is 4.27. The summed E-state index contributed by atoms with van der Waals surface area (Å²) in [5.41, 5.74) is 4.56. The standard InChI is InChI=1S/C20H16N2/c1-21-18-14-8-9-15-19(18)22(17-12-6-3-7-13-17)20(21)16-10-4-2-5-11-16/h2-15H,1H2. The number of fused-ring (bicyclic) bond motifs is 1. The fourth-order valence-electron chi connectivity index (χ4n) is 2.94. The summed E-state index contributed by atoms with van der Waals surface area (Å²) in [4.78, 5) is 2.26. The van der Waals surface area contributed by atoms with Crippen LogP contribution in [-0.4, -0.2) is 11.3 Å². The molecule has 2 nitrogen and oxygen atoms in total. The van der Waals surface area contributed by atoms with E-state index in [9.17, 15) is 0 Å². The van der Waals surface area contributed by atoms with Crippen LogP contribution in [0.4, 0.5) is 17.1 Å². The zero-order valence-electron chi connectivity index (χ0n) is 12.2. The normalized spacial score (nSPS) is 13.4. The van der Waals surface area contributed by atoms with E-state index >= 15 is 0 Å². The molecule has 1 aliphatic rings. The lowest BCUT2D eigenvalue weighted by molar-refractivity contribution is -0.398. The Kier molecular flexibility index (Phi) is 2.94. The molecular weight excluding hydrogens is 268 g/mol. The van der Waals surface area contributed by atoms with Gasteiger partial charge in [0.15, 0.2) is 5.69 Å². The van der Waals surface area contributed by atoms with Gasteiger partial charge in [-0.25, -0.2) is 4.58 Å². The van der Waals surface area contributed by atoms with E-state index in [0.717, 1.165) is 28.8 Å². The molecule has 1 aliphatic heterocycles. The third-order valence-corrected chi connectivity index (χ3v) is 3.93. The molecule has 4 rings (SSSR count). The smallest absolute Gasteiger partial charge is 0.221 e. The molecule has 0 aromatic heterocycles. The minimum absolute atomic E-state index is 1.08. The number of benzene rings is 3. The van der Waals surface area contributed by atoms with Crippen LogP contribution in [0, 0.1) is 6.17 Å². The summed E-state index contributed by atoms with van der Waals surface area (Å²) in [5, 5.41) is 0. The second kappa shape index (κ2) is 5.08. The van der Waals surface area contributed by atoms with Gasteiger partial charge in [-0.3, -0.25) is 4.90 Å². The summed E-state index contributed by atoms with van der Waals surface area (Å²) >= 11 is 0. The molecule has 0 atom stereocenters. The van der Waals surface area contributed by atoms with E-state index in [1.165, 1.54) is 0 Å². The van der Waals surface area contributed by atoms with Gasteiger partial charge < -0.3 is 0 Å². The molecule has 22 heavy (non-hydrogen) atoms. The Morgan fingerprint density at radius 3 is 2.05 bits per heavy atom. The summed E-state index contributed by atoms with van der Waals surface area (Å²) < 4.78 is 2.01. The molecule has 0 N–H and O–H groups in total. The largest absolute Gasteiger partial charge is 0.290 e. The first-order chi connectivity index (χ1) is 10.9. The zero-order chi connectivity index (χ0) is 14.9. The Balaban J connectivity index is 1.92. The molecule has 0 saturated carbocycles. The van der Waals surface area contributed by atoms with Gasteiger partial charge >= 0.3 is 0 Å². The summed E-state index contributed by atoms with van der Waals surface area (Å²) in [6, 6.07) is 29.2. The second-order valence-electron chi connectivity index (χ2n) is 5.28. The number of hydrogen-bond donors (Lipinski definition) is 0. The minimum atomic E-state index is 1.08. The van der Waals surface area contributed by atoms with Gasteiger partial charge in [0.2, 0.25) is 6.17 Å². The first kappa shape index (κ1) is 12.7. The highest BCUT2D eigenvalue weighted by atomic mass is 15.4. The first-order valence-corrected chi connectivity index (χ1v) is 7.33. The van der Waals surface area contributed by atoms with Crippen LogP contribution in [0.2, 0.25) is 0 Å². The van der Waals surface area contributed by atoms with Gasteiger partial charge in [0, 0.05) is 5.69 Å². The minimum Gasteiger partial charge on any atom is -0.290 e. The van der Waals surface area contributed by atoms with Crippen molar-refractivity contribution in [3.63, 3.8) is 0 Å². The van der Waals surface area contributed by atoms with Gasteiger partial charge in [-0.1, -0.05) is 48.5 Å². The van der Waals surface area contributed by atoms with E-state index in [2.05, 4.69) is 78.3 Å². The fraction of sp³-hybridized carbons (Fsp3) is 0. The van der Waals surface area contributed by atoms with E-state index in [1.54, 1.807) is 0 Å². The lowest BCUT2D eigenvalue weighted by Crippen LogP contribution is -2.25. The van der Waals surface area contributed by atoms with Gasteiger partial charge in [-0.05, 0) is 29.8 Å². The Hall–Kier alpha value is -3.00. The van der Waals surface area contributed by atoms with Crippen LogP contribution in [0.3, 0.4) is 0 Å². The van der Waals surface area contributed by atoms with Gasteiger partial charge in [0.05, 0.1) is 12.4 Å². The molecule has 0 unspecified atom stereocenters. The van der Waals surface area contributed by atoms with Crippen LogP contribution in [0.25, 0.3) is 0 Å². The van der Waals surface area contributed by atoms with Crippen molar-refractivity contribution in [3.05, 3.63) is 96.7 Å². The van der Waals surface area contributed by atoms with Crippen molar-refractivity contribution < 1.29 is 4.58 Å². The Morgan fingerprint density at radius 2 is 1.32 bits per heavy atom. The average molecular weight is 284 g/mol. The second-order valence-corrected chi connectivity index (χ2v) is 5.28. The zero-order valence-corrected chi connectivity index (χ0v) is 12.2. The van der Waals surface area contributed by atoms with Crippen molar-refractivity contribution in [2.75, 3.05) is 4.90 Å². The molecule has 2 heteroatoms. The lowest BCUT2D eigenvalue weighted by Gasteiger charge is -2.25. The van der Waals surface area contributed by atoms with Gasteiger partial charge in [0.1, 0.15) is 0 Å². The van der Waals surface area contributed by atoms with E-state index in [0.29, 0.717) is 0 Å². The number of hydrogen-bond acceptors (Lipinski definition) is 1. The van der Waals surface area contributed by atoms with E-state index < -0.39 is 0 Å². The number of para-hydroxylation sites is 3. The van der Waals surface area contributed by atoms with Crippen molar-refractivity contribution in [2.45, 2.75) is 0 Å². The molecule has 106 valence electrons. The average Bonchev–Trinajstić information content (AvgIpc) is 2.90. The number of nitrogens with zero attached hydrogens (tertiary/aromatic N) is 2. The maximum absolute atomic E-state index is 4.27. The van der Waals surface area contributed by atoms with E-state index in [1.807, 2.05) is 22.8 Å². The monoisotopic (exact) mass is 284 g/mol. The molecular formula is C20H16N2. The third-order valence-electron chi connectivity index (χ3n) is 3.93. The first-order valence-electron chi connectivity index (χ1n) is 7.33. The van der Waals surface area contributed by atoms with Crippen LogP contribution in [-0.2, 0) is 0 Å². The van der Waals surface area contributed by atoms with E-state index in [4.69, 9.17) is 0 Å². The van der Waals surface area contributed by atoms with Crippen molar-refractivity contribution >= 4 is 23.8 Å². The highest BCUT2D eigenvalue weighted by Gasteiger charge is 2.37. The van der Waals surface area contributed by atoms with Crippen molar-refractivity contribution in [1.29, 1.82) is 0 Å². The van der Waals surface area contributed by atoms with Crippen LogP contribution < -0.4 is 4.90 Å². The summed E-state index contributed by atoms with van der Waals surface area (Å²) in [6.07, 6.45) is 1.08. The molecule has 0 bridgehead atoms. The Bertz CT molecular complexity index is 809. The molecule has 3 aromatic carbocycles. The van der Waals surface area contributed by atoms with Crippen LogP contribution in [0.5, 0.6) is 0 Å². The summed E-state index contributed by atoms with van der Waals surface area (Å²) in [7, 11) is 0. The van der Waals surface area contributed by atoms with Crippen LogP contribution in [0.1, 0.15) is 5.56 Å². The SMILES string of the molecule is C=[N+]1c2ccccc2N(c2ccccc2)[C-]1c1ccccc1. The molecule has 3 aromatic rings. The van der Waals surface area contributed by atoms with Crippen molar-refractivity contribution in [2.24, 2.45) is 0 Å². The topological polar surface area (TPSA) is 6.25 Å². The number of rotatable bonds is 2. The quantitative estimate of drug-likeness (QED) is 0.487. The summed E-state index contributed by atoms with van der Waals surface area (Å²) in [5.74, 6) is 0. The highest BCUT2D eigenvalue weighted by molar-refractivity contribution is 5.79. The molecule has 0 aliphatic carbocycles. The van der Waals surface area contributed by atoms with Crippen molar-refractivity contribution in [3.8, 4) is 0 Å². The van der Waals surface area contributed by atoms with Crippen LogP contribution >= 0.6 is 0 Å². The van der Waals surface area contributed by atoms with Gasteiger partial charge in [0.25, 0.3) is 0 Å². The van der Waals surface area contributed by atoms with E-state index in [-0.39, 0.29) is 0 Å². The van der Waals surface area contributed by atoms with Gasteiger partial charge in [-0.15, -0.1) is 12.1 Å². The molecule has 0 fully saturated rings.